The van der Waals surface area contributed by atoms with Crippen molar-refractivity contribution in [1.82, 2.24) is 14.8 Å². The minimum Gasteiger partial charge on any atom is -0.347 e. The molecule has 18 heavy (non-hydrogen) atoms. The smallest absolute Gasteiger partial charge is 0.223 e. The summed E-state index contributed by atoms with van der Waals surface area (Å²) in [7, 11) is 3.98. The van der Waals surface area contributed by atoms with Crippen LogP contribution < -0.4 is 4.90 Å². The van der Waals surface area contributed by atoms with Crippen LogP contribution in [0, 0.1) is 13.8 Å². The molecule has 0 spiro atoms. The lowest BCUT2D eigenvalue weighted by molar-refractivity contribution is 0.654. The van der Waals surface area contributed by atoms with Crippen molar-refractivity contribution in [3.8, 4) is 11.4 Å². The lowest BCUT2D eigenvalue weighted by Crippen LogP contribution is -2.15. The second-order valence-electron chi connectivity index (χ2n) is 4.76. The summed E-state index contributed by atoms with van der Waals surface area (Å²) in [4.78, 5) is 6.61. The Hall–Kier alpha value is -1.84. The van der Waals surface area contributed by atoms with Crippen molar-refractivity contribution >= 4 is 5.95 Å². The monoisotopic (exact) mass is 244 g/mol. The van der Waals surface area contributed by atoms with Gasteiger partial charge in [0.05, 0.1) is 0 Å². The molecule has 4 heteroatoms. The third-order valence-corrected chi connectivity index (χ3v) is 2.97. The summed E-state index contributed by atoms with van der Waals surface area (Å²) in [5.41, 5.74) is 3.59. The van der Waals surface area contributed by atoms with Crippen molar-refractivity contribution in [2.75, 3.05) is 19.0 Å². The summed E-state index contributed by atoms with van der Waals surface area (Å²) in [5, 5.41) is 4.57. The van der Waals surface area contributed by atoms with E-state index in [4.69, 9.17) is 0 Å². The van der Waals surface area contributed by atoms with Gasteiger partial charge in [-0.1, -0.05) is 23.8 Å². The van der Waals surface area contributed by atoms with E-state index >= 15 is 0 Å². The molecule has 96 valence electrons. The molecule has 1 aromatic heterocycles. The lowest BCUT2D eigenvalue weighted by atomic mass is 10.1. The molecule has 0 bridgehead atoms. The van der Waals surface area contributed by atoms with Crippen LogP contribution in [0.4, 0.5) is 5.95 Å². The number of nitrogens with zero attached hydrogens (tertiary/aromatic N) is 4. The summed E-state index contributed by atoms with van der Waals surface area (Å²) in [6.07, 6.45) is 0. The minimum atomic E-state index is 0.804. The van der Waals surface area contributed by atoms with Crippen LogP contribution in [0.1, 0.15) is 18.1 Å². The van der Waals surface area contributed by atoms with Gasteiger partial charge in [0.15, 0.2) is 5.82 Å². The van der Waals surface area contributed by atoms with Gasteiger partial charge in [-0.2, -0.15) is 4.98 Å². The van der Waals surface area contributed by atoms with Gasteiger partial charge in [0.25, 0.3) is 0 Å². The molecule has 0 N–H and O–H groups in total. The number of aromatic nitrogens is 3. The van der Waals surface area contributed by atoms with Gasteiger partial charge in [-0.3, -0.25) is 0 Å². The van der Waals surface area contributed by atoms with Crippen LogP contribution in [0.2, 0.25) is 0 Å². The molecule has 0 aliphatic rings. The van der Waals surface area contributed by atoms with Crippen molar-refractivity contribution in [3.63, 3.8) is 0 Å². The van der Waals surface area contributed by atoms with Gasteiger partial charge in [-0.15, -0.1) is 5.10 Å². The van der Waals surface area contributed by atoms with Crippen LogP contribution in [0.25, 0.3) is 11.4 Å². The van der Waals surface area contributed by atoms with E-state index < -0.39 is 0 Å². The number of anilines is 1. The number of benzene rings is 1. The highest BCUT2D eigenvalue weighted by molar-refractivity contribution is 5.61. The Kier molecular flexibility index (Phi) is 3.36. The first kappa shape index (κ1) is 12.6. The molecule has 0 unspecified atom stereocenters. The second kappa shape index (κ2) is 4.80. The van der Waals surface area contributed by atoms with Gasteiger partial charge in [0.1, 0.15) is 0 Å². The summed E-state index contributed by atoms with van der Waals surface area (Å²) in [6.45, 7) is 7.10. The maximum atomic E-state index is 4.62. The number of aryl methyl sites for hydroxylation is 3. The van der Waals surface area contributed by atoms with Gasteiger partial charge in [0.2, 0.25) is 5.95 Å². The van der Waals surface area contributed by atoms with Crippen molar-refractivity contribution in [2.45, 2.75) is 27.3 Å². The summed E-state index contributed by atoms with van der Waals surface area (Å²) in [5.74, 6) is 1.70. The maximum Gasteiger partial charge on any atom is 0.223 e. The average molecular weight is 244 g/mol. The van der Waals surface area contributed by atoms with Crippen molar-refractivity contribution in [1.29, 1.82) is 0 Å². The molecular formula is C14H20N4. The Balaban J connectivity index is 2.51. The first-order valence-electron chi connectivity index (χ1n) is 6.22. The fraction of sp³-hybridized carbons (Fsp3) is 0.429. The summed E-state index contributed by atoms with van der Waals surface area (Å²) in [6, 6.07) is 6.36. The maximum absolute atomic E-state index is 4.62. The van der Waals surface area contributed by atoms with E-state index in [0.717, 1.165) is 23.9 Å². The molecular weight excluding hydrogens is 224 g/mol. The average Bonchev–Trinajstić information content (AvgIpc) is 2.73. The molecule has 0 fully saturated rings. The predicted octanol–water partition coefficient (Wildman–Crippen LogP) is 2.65. The first-order valence-corrected chi connectivity index (χ1v) is 6.22. The van der Waals surface area contributed by atoms with Crippen molar-refractivity contribution in [3.05, 3.63) is 29.3 Å². The largest absolute Gasteiger partial charge is 0.347 e. The molecule has 0 saturated carbocycles. The Morgan fingerprint density at radius 1 is 1.22 bits per heavy atom. The summed E-state index contributed by atoms with van der Waals surface area (Å²) < 4.78 is 1.93. The quantitative estimate of drug-likeness (QED) is 0.832. The van der Waals surface area contributed by atoms with E-state index in [1.54, 1.807) is 0 Å². The minimum absolute atomic E-state index is 0.804. The highest BCUT2D eigenvalue weighted by Gasteiger charge is 2.13. The van der Waals surface area contributed by atoms with Gasteiger partial charge >= 0.3 is 0 Å². The van der Waals surface area contributed by atoms with E-state index in [0.29, 0.717) is 0 Å². The van der Waals surface area contributed by atoms with Gasteiger partial charge in [-0.05, 0) is 26.3 Å². The Morgan fingerprint density at radius 3 is 2.44 bits per heavy atom. The molecule has 0 saturated heterocycles. The highest BCUT2D eigenvalue weighted by atomic mass is 15.4. The van der Waals surface area contributed by atoms with E-state index in [-0.39, 0.29) is 0 Å². The van der Waals surface area contributed by atoms with E-state index in [2.05, 4.69) is 49.1 Å². The van der Waals surface area contributed by atoms with Crippen LogP contribution in [0.5, 0.6) is 0 Å². The second-order valence-corrected chi connectivity index (χ2v) is 4.76. The first-order chi connectivity index (χ1) is 8.52. The van der Waals surface area contributed by atoms with Crippen molar-refractivity contribution < 1.29 is 0 Å². The van der Waals surface area contributed by atoms with Crippen LogP contribution in [-0.2, 0) is 6.54 Å². The number of rotatable bonds is 3. The van der Waals surface area contributed by atoms with Crippen LogP contribution in [0.15, 0.2) is 18.2 Å². The standard InChI is InChI=1S/C14H20N4/c1-6-18-14(17(4)5)15-13(16-18)12-8-7-10(2)9-11(12)3/h7-9H,6H2,1-5H3. The zero-order valence-corrected chi connectivity index (χ0v) is 11.7. The fourth-order valence-corrected chi connectivity index (χ4v) is 2.06. The van der Waals surface area contributed by atoms with Crippen molar-refractivity contribution in [2.24, 2.45) is 0 Å². The topological polar surface area (TPSA) is 34.0 Å². The highest BCUT2D eigenvalue weighted by Crippen LogP contribution is 2.23. The van der Waals surface area contributed by atoms with Gasteiger partial charge in [0, 0.05) is 26.2 Å². The van der Waals surface area contributed by atoms with E-state index in [1.807, 2.05) is 23.7 Å². The molecule has 1 aromatic carbocycles. The third-order valence-electron chi connectivity index (χ3n) is 2.97. The predicted molar refractivity (Wildman–Crippen MR) is 74.9 cm³/mol. The molecule has 1 heterocycles. The van der Waals surface area contributed by atoms with Crippen LogP contribution in [-0.4, -0.2) is 28.9 Å². The van der Waals surface area contributed by atoms with E-state index in [1.165, 1.54) is 11.1 Å². The summed E-state index contributed by atoms with van der Waals surface area (Å²) >= 11 is 0. The zero-order chi connectivity index (χ0) is 13.3. The van der Waals surface area contributed by atoms with Gasteiger partial charge in [-0.25, -0.2) is 4.68 Å². The molecule has 0 amide bonds. The molecule has 2 rings (SSSR count). The van der Waals surface area contributed by atoms with Gasteiger partial charge < -0.3 is 4.90 Å². The Morgan fingerprint density at radius 2 is 1.94 bits per heavy atom. The van der Waals surface area contributed by atoms with Crippen LogP contribution in [0.3, 0.4) is 0 Å². The SMILES string of the molecule is CCn1nc(-c2ccc(C)cc2C)nc1N(C)C. The number of hydrogen-bond donors (Lipinski definition) is 0. The fourth-order valence-electron chi connectivity index (χ4n) is 2.06. The van der Waals surface area contributed by atoms with E-state index in [9.17, 15) is 0 Å². The Bertz CT molecular complexity index is 555. The molecule has 2 aromatic rings. The molecule has 0 aliphatic carbocycles. The Labute approximate surface area is 108 Å². The third kappa shape index (κ3) is 2.23. The normalized spacial score (nSPS) is 10.7. The molecule has 0 aliphatic heterocycles. The van der Waals surface area contributed by atoms with Crippen LogP contribution >= 0.6 is 0 Å². The molecule has 0 radical (unpaired) electrons. The molecule has 0 atom stereocenters. The molecule has 4 nitrogen and oxygen atoms in total. The zero-order valence-electron chi connectivity index (χ0n) is 11.7. The number of hydrogen-bond acceptors (Lipinski definition) is 3. The lowest BCUT2D eigenvalue weighted by Gasteiger charge is -2.10.